The van der Waals surface area contributed by atoms with Gasteiger partial charge in [0, 0.05) is 29.7 Å². The molecule has 0 spiro atoms. The summed E-state index contributed by atoms with van der Waals surface area (Å²) in [5.41, 5.74) is 3.35. The Morgan fingerprint density at radius 1 is 1.25 bits per heavy atom. The predicted octanol–water partition coefficient (Wildman–Crippen LogP) is 1.40. The van der Waals surface area contributed by atoms with Gasteiger partial charge >= 0.3 is 0 Å². The van der Waals surface area contributed by atoms with Crippen molar-refractivity contribution in [3.05, 3.63) is 29.1 Å². The third-order valence-electron chi connectivity index (χ3n) is 2.60. The summed E-state index contributed by atoms with van der Waals surface area (Å²) in [6, 6.07) is 4.11. The molecule has 0 aliphatic heterocycles. The van der Waals surface area contributed by atoms with Gasteiger partial charge in [-0.3, -0.25) is 5.21 Å². The molecule has 64 valence electrons. The molecule has 0 fully saturated rings. The third kappa shape index (κ3) is 1.07. The molecule has 0 saturated carbocycles. The number of fused-ring (bicyclic) bond motifs is 1. The number of hydrogen-bond acceptors (Lipinski definition) is 1. The van der Waals surface area contributed by atoms with Crippen molar-refractivity contribution in [1.29, 1.82) is 0 Å². The maximum Gasteiger partial charge on any atom is 0.237 e. The van der Waals surface area contributed by atoms with E-state index in [0.29, 0.717) is 0 Å². The van der Waals surface area contributed by atoms with E-state index < -0.39 is 0 Å². The quantitative estimate of drug-likeness (QED) is 0.455. The summed E-state index contributed by atoms with van der Waals surface area (Å²) in [6.07, 6.45) is 4.61. The number of aromatic nitrogens is 1. The largest absolute Gasteiger partial charge is 0.285 e. The molecule has 1 heterocycles. The van der Waals surface area contributed by atoms with Gasteiger partial charge in [-0.2, -0.15) is 0 Å². The Morgan fingerprint density at radius 3 is 2.83 bits per heavy atom. The average Bonchev–Trinajstić information content (AvgIpc) is 2.12. The summed E-state index contributed by atoms with van der Waals surface area (Å²) in [6.45, 7) is 1.93. The van der Waals surface area contributed by atoms with Crippen LogP contribution in [0.1, 0.15) is 29.8 Å². The van der Waals surface area contributed by atoms with Crippen LogP contribution in [0.25, 0.3) is 0 Å². The summed E-state index contributed by atoms with van der Waals surface area (Å²) in [4.78, 5) is 0. The Bertz CT molecular complexity index is 307. The van der Waals surface area contributed by atoms with E-state index in [2.05, 4.69) is 6.07 Å². The number of hydrogen-bond donors (Lipinski definition) is 1. The van der Waals surface area contributed by atoms with Crippen LogP contribution in [0.4, 0.5) is 0 Å². The van der Waals surface area contributed by atoms with Crippen molar-refractivity contribution < 1.29 is 9.94 Å². The van der Waals surface area contributed by atoms with Gasteiger partial charge in [0.25, 0.3) is 0 Å². The molecule has 0 atom stereocenters. The van der Waals surface area contributed by atoms with E-state index in [1.165, 1.54) is 23.1 Å². The van der Waals surface area contributed by atoms with Gasteiger partial charge in [0.15, 0.2) is 0 Å². The van der Waals surface area contributed by atoms with Crippen LogP contribution < -0.4 is 4.73 Å². The topological polar surface area (TPSA) is 24.1 Å². The minimum atomic E-state index is 0.927. The van der Waals surface area contributed by atoms with Crippen LogP contribution in [0.5, 0.6) is 0 Å². The second kappa shape index (κ2) is 2.77. The molecule has 2 rings (SSSR count). The highest BCUT2D eigenvalue weighted by atomic mass is 16.5. The van der Waals surface area contributed by atoms with Crippen molar-refractivity contribution in [2.75, 3.05) is 0 Å². The van der Waals surface area contributed by atoms with Crippen molar-refractivity contribution in [3.8, 4) is 0 Å². The summed E-state index contributed by atoms with van der Waals surface area (Å²) in [5.74, 6) is 0. The molecular weight excluding hydrogens is 150 g/mol. The molecule has 0 unspecified atom stereocenters. The van der Waals surface area contributed by atoms with Crippen LogP contribution >= 0.6 is 0 Å². The first-order chi connectivity index (χ1) is 5.79. The first-order valence-electron chi connectivity index (χ1n) is 4.52. The number of nitrogens with zero attached hydrogens (tertiary/aromatic N) is 1. The standard InChI is InChI=1S/C10H14NO/c1-8-6-7-9-4-2-3-5-10(9)11(8)12/h6-7,12H,2-5H2,1H3/q+1. The fourth-order valence-corrected chi connectivity index (χ4v) is 1.84. The highest BCUT2D eigenvalue weighted by Crippen LogP contribution is 2.17. The van der Waals surface area contributed by atoms with Crippen LogP contribution in [-0.2, 0) is 12.8 Å². The lowest BCUT2D eigenvalue weighted by molar-refractivity contribution is -0.914. The van der Waals surface area contributed by atoms with Gasteiger partial charge in [-0.1, -0.05) is 0 Å². The first kappa shape index (κ1) is 7.59. The smallest absolute Gasteiger partial charge is 0.237 e. The van der Waals surface area contributed by atoms with E-state index >= 15 is 0 Å². The zero-order valence-electron chi connectivity index (χ0n) is 7.38. The SMILES string of the molecule is Cc1ccc2c([n+]1O)CCCC2. The Labute approximate surface area is 72.4 Å². The lowest BCUT2D eigenvalue weighted by Gasteiger charge is -2.10. The second-order valence-electron chi connectivity index (χ2n) is 3.47. The fraction of sp³-hybridized carbons (Fsp3) is 0.500. The molecule has 2 heteroatoms. The molecule has 1 N–H and O–H groups in total. The highest BCUT2D eigenvalue weighted by molar-refractivity contribution is 5.19. The molecule has 0 saturated heterocycles. The van der Waals surface area contributed by atoms with Crippen LogP contribution in [0, 0.1) is 6.92 Å². The minimum absolute atomic E-state index is 0.927. The van der Waals surface area contributed by atoms with Gasteiger partial charge in [-0.15, -0.1) is 0 Å². The Kier molecular flexibility index (Phi) is 1.75. The summed E-state index contributed by atoms with van der Waals surface area (Å²) < 4.78 is 1.34. The lowest BCUT2D eigenvalue weighted by Crippen LogP contribution is -2.40. The number of pyridine rings is 1. The monoisotopic (exact) mass is 164 g/mol. The van der Waals surface area contributed by atoms with E-state index in [1.807, 2.05) is 13.0 Å². The van der Waals surface area contributed by atoms with Gasteiger partial charge in [0.1, 0.15) is 0 Å². The molecular formula is C10H14NO+. The number of aryl methyl sites for hydroxylation is 2. The molecule has 0 radical (unpaired) electrons. The Morgan fingerprint density at radius 2 is 2.00 bits per heavy atom. The Balaban J connectivity index is 2.54. The third-order valence-corrected chi connectivity index (χ3v) is 2.60. The van der Waals surface area contributed by atoms with Crippen molar-refractivity contribution >= 4 is 0 Å². The molecule has 1 aromatic rings. The number of rotatable bonds is 0. The fourth-order valence-electron chi connectivity index (χ4n) is 1.84. The first-order valence-corrected chi connectivity index (χ1v) is 4.52. The van der Waals surface area contributed by atoms with Crippen molar-refractivity contribution in [2.45, 2.75) is 32.6 Å². The van der Waals surface area contributed by atoms with Crippen LogP contribution in [0.2, 0.25) is 0 Å². The van der Waals surface area contributed by atoms with Crippen LogP contribution in [0.15, 0.2) is 12.1 Å². The average molecular weight is 164 g/mol. The van der Waals surface area contributed by atoms with E-state index in [1.54, 1.807) is 0 Å². The maximum atomic E-state index is 9.66. The molecule has 1 aliphatic carbocycles. The van der Waals surface area contributed by atoms with Crippen LogP contribution in [0.3, 0.4) is 0 Å². The van der Waals surface area contributed by atoms with Crippen molar-refractivity contribution in [2.24, 2.45) is 0 Å². The molecule has 0 bridgehead atoms. The predicted molar refractivity (Wildman–Crippen MR) is 45.2 cm³/mol. The molecule has 0 amide bonds. The normalized spacial score (nSPS) is 15.8. The van der Waals surface area contributed by atoms with E-state index in [0.717, 1.165) is 24.2 Å². The van der Waals surface area contributed by atoms with E-state index in [4.69, 9.17) is 0 Å². The van der Waals surface area contributed by atoms with Gasteiger partial charge < -0.3 is 0 Å². The summed E-state index contributed by atoms with van der Waals surface area (Å²) >= 11 is 0. The molecule has 0 aromatic carbocycles. The van der Waals surface area contributed by atoms with Crippen molar-refractivity contribution in [3.63, 3.8) is 0 Å². The van der Waals surface area contributed by atoms with E-state index in [-0.39, 0.29) is 0 Å². The molecule has 12 heavy (non-hydrogen) atoms. The van der Waals surface area contributed by atoms with Crippen molar-refractivity contribution in [1.82, 2.24) is 0 Å². The molecule has 2 nitrogen and oxygen atoms in total. The second-order valence-corrected chi connectivity index (χ2v) is 3.47. The minimum Gasteiger partial charge on any atom is -0.285 e. The molecule has 1 aliphatic rings. The molecule has 1 aromatic heterocycles. The Hall–Kier alpha value is -1.05. The van der Waals surface area contributed by atoms with E-state index in [9.17, 15) is 5.21 Å². The van der Waals surface area contributed by atoms with Crippen LogP contribution in [-0.4, -0.2) is 5.21 Å². The highest BCUT2D eigenvalue weighted by Gasteiger charge is 2.21. The van der Waals surface area contributed by atoms with Gasteiger partial charge in [0.2, 0.25) is 11.4 Å². The summed E-state index contributed by atoms with van der Waals surface area (Å²) in [5, 5.41) is 9.66. The summed E-state index contributed by atoms with van der Waals surface area (Å²) in [7, 11) is 0. The maximum absolute atomic E-state index is 9.66. The zero-order valence-corrected chi connectivity index (χ0v) is 7.38. The van der Waals surface area contributed by atoms with Gasteiger partial charge in [-0.25, -0.2) is 0 Å². The van der Waals surface area contributed by atoms with Gasteiger partial charge in [-0.05, 0) is 25.3 Å². The zero-order chi connectivity index (χ0) is 8.55. The lowest BCUT2D eigenvalue weighted by atomic mass is 9.96. The van der Waals surface area contributed by atoms with Gasteiger partial charge in [0.05, 0.1) is 0 Å².